The van der Waals surface area contributed by atoms with Gasteiger partial charge in [-0.15, -0.1) is 0 Å². The predicted octanol–water partition coefficient (Wildman–Crippen LogP) is 6.44. The molecule has 0 saturated heterocycles. The fourth-order valence-corrected chi connectivity index (χ4v) is 2.40. The van der Waals surface area contributed by atoms with E-state index >= 15 is 0 Å². The van der Waals surface area contributed by atoms with E-state index in [1.54, 1.807) is 0 Å². The van der Waals surface area contributed by atoms with Crippen molar-refractivity contribution < 1.29 is 23.7 Å². The summed E-state index contributed by atoms with van der Waals surface area (Å²) in [6.45, 7) is 21.8. The molecule has 0 fully saturated rings. The lowest BCUT2D eigenvalue weighted by Gasteiger charge is -2.25. The van der Waals surface area contributed by atoms with Gasteiger partial charge in [0, 0.05) is 37.2 Å². The van der Waals surface area contributed by atoms with E-state index in [1.165, 1.54) is 0 Å². The monoisotopic (exact) mass is 414 g/mol. The fourth-order valence-electron chi connectivity index (χ4n) is 2.40. The van der Waals surface area contributed by atoms with E-state index in [9.17, 15) is 0 Å². The Balaban J connectivity index is 5.67. The van der Waals surface area contributed by atoms with Gasteiger partial charge in [-0.05, 0) is 40.5 Å². The van der Waals surface area contributed by atoms with Crippen LogP contribution in [0.1, 0.15) is 82.1 Å². The summed E-state index contributed by atoms with van der Waals surface area (Å²) >= 11 is 0. The van der Waals surface area contributed by atoms with Crippen LogP contribution >= 0.6 is 0 Å². The molecule has 5 heteroatoms. The van der Waals surface area contributed by atoms with E-state index in [4.69, 9.17) is 23.7 Å². The molecular formula is C24H46O5. The average Bonchev–Trinajstić information content (AvgIpc) is 2.61. The normalized spacial score (nSPS) is 15.5. The lowest BCUT2D eigenvalue weighted by molar-refractivity contribution is -0.209. The van der Waals surface area contributed by atoms with Crippen LogP contribution in [0.4, 0.5) is 0 Å². The minimum Gasteiger partial charge on any atom is -0.495 e. The van der Waals surface area contributed by atoms with Crippen LogP contribution in [0.2, 0.25) is 0 Å². The second-order valence-electron chi connectivity index (χ2n) is 8.40. The minimum absolute atomic E-state index is 0.0921. The van der Waals surface area contributed by atoms with Crippen molar-refractivity contribution in [2.24, 2.45) is 11.8 Å². The van der Waals surface area contributed by atoms with Gasteiger partial charge in [-0.25, -0.2) is 0 Å². The molecule has 5 nitrogen and oxygen atoms in total. The van der Waals surface area contributed by atoms with Gasteiger partial charge in [0.15, 0.2) is 12.6 Å². The summed E-state index contributed by atoms with van der Waals surface area (Å²) in [6, 6.07) is 0. The third kappa shape index (κ3) is 13.7. The van der Waals surface area contributed by atoms with E-state index in [1.807, 2.05) is 39.8 Å². The van der Waals surface area contributed by atoms with Gasteiger partial charge in [-0.1, -0.05) is 41.5 Å². The van der Waals surface area contributed by atoms with E-state index < -0.39 is 12.6 Å². The molecule has 29 heavy (non-hydrogen) atoms. The topological polar surface area (TPSA) is 46.2 Å². The molecule has 0 aliphatic carbocycles. The summed E-state index contributed by atoms with van der Waals surface area (Å²) in [5.41, 5.74) is 0. The van der Waals surface area contributed by atoms with Crippen molar-refractivity contribution in [1.82, 2.24) is 0 Å². The lowest BCUT2D eigenvalue weighted by atomic mass is 10.1. The first-order chi connectivity index (χ1) is 13.6. The molecule has 0 saturated carbocycles. The van der Waals surface area contributed by atoms with Gasteiger partial charge in [-0.2, -0.15) is 0 Å². The Morgan fingerprint density at radius 1 is 0.621 bits per heavy atom. The molecule has 2 atom stereocenters. The molecular weight excluding hydrogens is 368 g/mol. The Morgan fingerprint density at radius 3 is 1.21 bits per heavy atom. The van der Waals surface area contributed by atoms with Crippen LogP contribution in [0.15, 0.2) is 23.7 Å². The van der Waals surface area contributed by atoms with Crippen molar-refractivity contribution in [3.05, 3.63) is 23.7 Å². The number of rotatable bonds is 16. The zero-order chi connectivity index (χ0) is 22.4. The number of hydrogen-bond acceptors (Lipinski definition) is 5. The van der Waals surface area contributed by atoms with Crippen LogP contribution in [0, 0.1) is 11.8 Å². The first-order valence-electron chi connectivity index (χ1n) is 11.3. The molecule has 0 radical (unpaired) electrons. The molecule has 0 spiro atoms. The molecule has 0 aliphatic heterocycles. The molecule has 0 aromatic heterocycles. The van der Waals surface area contributed by atoms with E-state index in [0.29, 0.717) is 13.2 Å². The molecule has 172 valence electrons. The van der Waals surface area contributed by atoms with Crippen molar-refractivity contribution in [2.75, 3.05) is 13.2 Å². The third-order valence-electron chi connectivity index (χ3n) is 3.72. The molecule has 0 amide bonds. The summed E-state index contributed by atoms with van der Waals surface area (Å²) in [5, 5.41) is 0. The Labute approximate surface area is 179 Å². The highest BCUT2D eigenvalue weighted by Gasteiger charge is 2.20. The van der Waals surface area contributed by atoms with Crippen LogP contribution in [-0.2, 0) is 23.7 Å². The summed E-state index contributed by atoms with van der Waals surface area (Å²) < 4.78 is 30.1. The van der Waals surface area contributed by atoms with Crippen LogP contribution < -0.4 is 0 Å². The van der Waals surface area contributed by atoms with Gasteiger partial charge in [-0.3, -0.25) is 0 Å². The first-order valence-corrected chi connectivity index (χ1v) is 11.3. The molecule has 0 rings (SSSR count). The standard InChI is InChI=1S/C24H46O5/c1-11-13-25-23(15-21(17(3)4)27-19(7)8)29-24(26-14-12-2)16-22(18(5)6)28-20(9)10/h15-20,23-24H,11-14H2,1-10H3. The zero-order valence-electron chi connectivity index (χ0n) is 20.5. The summed E-state index contributed by atoms with van der Waals surface area (Å²) in [4.78, 5) is 0. The largest absolute Gasteiger partial charge is 0.495 e. The molecule has 2 unspecified atom stereocenters. The third-order valence-corrected chi connectivity index (χ3v) is 3.72. The van der Waals surface area contributed by atoms with Crippen molar-refractivity contribution in [2.45, 2.75) is 107 Å². The van der Waals surface area contributed by atoms with Gasteiger partial charge < -0.3 is 23.7 Å². The Bertz CT molecular complexity index is 424. The summed E-state index contributed by atoms with van der Waals surface area (Å²) in [5.74, 6) is 2.19. The summed E-state index contributed by atoms with van der Waals surface area (Å²) in [6.07, 6.45) is 4.72. The molecule has 0 N–H and O–H groups in total. The highest BCUT2D eigenvalue weighted by Crippen LogP contribution is 2.20. The SMILES string of the molecule is CCCOC(C=C(OC(C)C)C(C)C)OC(C=C(OC(C)C)C(C)C)OCCC. The van der Waals surface area contributed by atoms with Crippen LogP contribution in [0.25, 0.3) is 0 Å². The molecule has 0 bridgehead atoms. The molecule has 0 aliphatic rings. The maximum atomic E-state index is 6.22. The number of allylic oxidation sites excluding steroid dienone is 2. The van der Waals surface area contributed by atoms with Crippen molar-refractivity contribution in [3.63, 3.8) is 0 Å². The van der Waals surface area contributed by atoms with E-state index in [-0.39, 0.29) is 24.0 Å². The smallest absolute Gasteiger partial charge is 0.183 e. The highest BCUT2D eigenvalue weighted by molar-refractivity contribution is 5.02. The van der Waals surface area contributed by atoms with Gasteiger partial charge in [0.25, 0.3) is 0 Å². The second kappa shape index (κ2) is 15.8. The van der Waals surface area contributed by atoms with Gasteiger partial charge in [0.2, 0.25) is 0 Å². The van der Waals surface area contributed by atoms with Crippen molar-refractivity contribution >= 4 is 0 Å². The van der Waals surface area contributed by atoms with Gasteiger partial charge >= 0.3 is 0 Å². The van der Waals surface area contributed by atoms with Crippen molar-refractivity contribution in [3.8, 4) is 0 Å². The highest BCUT2D eigenvalue weighted by atomic mass is 16.8. The Hall–Kier alpha value is -1.04. The fraction of sp³-hybridized carbons (Fsp3) is 0.833. The zero-order valence-corrected chi connectivity index (χ0v) is 20.5. The predicted molar refractivity (Wildman–Crippen MR) is 119 cm³/mol. The molecule has 0 aromatic carbocycles. The molecule has 0 aromatic rings. The Kier molecular flexibility index (Phi) is 15.2. The molecule has 0 heterocycles. The minimum atomic E-state index is -0.559. The van der Waals surface area contributed by atoms with Crippen LogP contribution in [0.3, 0.4) is 0 Å². The first kappa shape index (κ1) is 28.0. The second-order valence-corrected chi connectivity index (χ2v) is 8.40. The maximum absolute atomic E-state index is 6.22. The van der Waals surface area contributed by atoms with Crippen molar-refractivity contribution in [1.29, 1.82) is 0 Å². The Morgan fingerprint density at radius 2 is 0.966 bits per heavy atom. The maximum Gasteiger partial charge on any atom is 0.183 e. The number of hydrogen-bond donors (Lipinski definition) is 0. The van der Waals surface area contributed by atoms with E-state index in [2.05, 4.69) is 41.5 Å². The average molecular weight is 415 g/mol. The lowest BCUT2D eigenvalue weighted by Crippen LogP contribution is -2.27. The van der Waals surface area contributed by atoms with Gasteiger partial charge in [0.05, 0.1) is 23.7 Å². The summed E-state index contributed by atoms with van der Waals surface area (Å²) in [7, 11) is 0. The van der Waals surface area contributed by atoms with E-state index in [0.717, 1.165) is 24.4 Å². The van der Waals surface area contributed by atoms with Crippen LogP contribution in [-0.4, -0.2) is 38.0 Å². The quantitative estimate of drug-likeness (QED) is 0.215. The number of ether oxygens (including phenoxy) is 5. The van der Waals surface area contributed by atoms with Gasteiger partial charge in [0.1, 0.15) is 0 Å². The van der Waals surface area contributed by atoms with Crippen LogP contribution in [0.5, 0.6) is 0 Å².